The van der Waals surface area contributed by atoms with E-state index in [0.29, 0.717) is 5.02 Å². The molecule has 0 aliphatic carbocycles. The Bertz CT molecular complexity index is 465. The van der Waals surface area contributed by atoms with Gasteiger partial charge in [0, 0.05) is 10.6 Å². The summed E-state index contributed by atoms with van der Waals surface area (Å²) in [4.78, 5) is 22.6. The molecule has 0 aliphatic rings. The largest absolute Gasteiger partial charge is 0.453 e. The molecule has 6 heteroatoms. The Hall–Kier alpha value is -1.59. The molecule has 0 aliphatic heterocycles. The lowest BCUT2D eigenvalue weighted by atomic mass is 10.1. The van der Waals surface area contributed by atoms with E-state index in [4.69, 9.17) is 11.6 Å². The number of nitrogens with one attached hydrogen (secondary N) is 1. The van der Waals surface area contributed by atoms with E-state index in [0.717, 1.165) is 5.56 Å². The van der Waals surface area contributed by atoms with E-state index < -0.39 is 18.0 Å². The van der Waals surface area contributed by atoms with Gasteiger partial charge in [-0.3, -0.25) is 10.1 Å². The number of hydrogen-bond donors (Lipinski definition) is 2. The third-order valence-corrected chi connectivity index (χ3v) is 3.14. The fourth-order valence-electron chi connectivity index (χ4n) is 1.73. The Morgan fingerprint density at radius 3 is 2.53 bits per heavy atom. The lowest BCUT2D eigenvalue weighted by molar-refractivity contribution is -0.710. The van der Waals surface area contributed by atoms with Gasteiger partial charge in [-0.25, -0.2) is 4.79 Å². The van der Waals surface area contributed by atoms with Crippen LogP contribution >= 0.6 is 11.6 Å². The Morgan fingerprint density at radius 2 is 1.95 bits per heavy atom. The van der Waals surface area contributed by atoms with Crippen molar-refractivity contribution in [1.82, 2.24) is 5.32 Å². The van der Waals surface area contributed by atoms with Crippen LogP contribution in [0.5, 0.6) is 0 Å². The van der Waals surface area contributed by atoms with Crippen LogP contribution in [0.3, 0.4) is 0 Å². The smallest absolute Gasteiger partial charge is 0.413 e. The normalized spacial score (nSPS) is 13.5. The van der Waals surface area contributed by atoms with Crippen LogP contribution < -0.4 is 10.6 Å². The zero-order chi connectivity index (χ0) is 14.4. The van der Waals surface area contributed by atoms with Gasteiger partial charge in [0.1, 0.15) is 6.04 Å². The minimum Gasteiger partial charge on any atom is -0.453 e. The highest BCUT2D eigenvalue weighted by Gasteiger charge is 2.23. The second-order valence-electron chi connectivity index (χ2n) is 4.27. The first kappa shape index (κ1) is 15.5. The number of amides is 2. The van der Waals surface area contributed by atoms with Crippen molar-refractivity contribution in [2.24, 2.45) is 0 Å². The molecule has 0 bridgehead atoms. The van der Waals surface area contributed by atoms with E-state index in [1.54, 1.807) is 13.0 Å². The molecule has 0 heterocycles. The Balaban J connectivity index is 2.62. The first-order chi connectivity index (χ1) is 8.95. The molecule has 5 nitrogen and oxygen atoms in total. The summed E-state index contributed by atoms with van der Waals surface area (Å²) in [6.45, 7) is 3.66. The van der Waals surface area contributed by atoms with Gasteiger partial charge in [0.15, 0.2) is 6.04 Å². The first-order valence-electron chi connectivity index (χ1n) is 5.94. The third kappa shape index (κ3) is 4.54. The number of nitrogens with two attached hydrogens (primary N) is 1. The van der Waals surface area contributed by atoms with Crippen molar-refractivity contribution in [3.63, 3.8) is 0 Å². The van der Waals surface area contributed by atoms with E-state index in [2.05, 4.69) is 10.1 Å². The molecular weight excluding hydrogens is 268 g/mol. The Labute approximate surface area is 117 Å². The van der Waals surface area contributed by atoms with Gasteiger partial charge < -0.3 is 10.1 Å². The van der Waals surface area contributed by atoms with Crippen LogP contribution in [0.25, 0.3) is 0 Å². The van der Waals surface area contributed by atoms with Crippen LogP contribution in [0.1, 0.15) is 25.5 Å². The lowest BCUT2D eigenvalue weighted by Gasteiger charge is -2.17. The van der Waals surface area contributed by atoms with Crippen LogP contribution in [0.4, 0.5) is 4.79 Å². The molecule has 0 unspecified atom stereocenters. The molecule has 1 aromatic rings. The van der Waals surface area contributed by atoms with E-state index in [1.807, 2.05) is 30.4 Å². The molecule has 2 atom stereocenters. The summed E-state index contributed by atoms with van der Waals surface area (Å²) in [5, 5.41) is 4.63. The van der Waals surface area contributed by atoms with Crippen molar-refractivity contribution in [2.45, 2.75) is 25.9 Å². The number of ether oxygens (including phenoxy) is 1. The zero-order valence-electron chi connectivity index (χ0n) is 11.1. The van der Waals surface area contributed by atoms with Crippen molar-refractivity contribution in [2.75, 3.05) is 7.11 Å². The summed E-state index contributed by atoms with van der Waals surface area (Å²) in [6, 6.07) is 7.04. The van der Waals surface area contributed by atoms with Crippen molar-refractivity contribution >= 4 is 23.6 Å². The number of benzene rings is 1. The molecule has 0 spiro atoms. The summed E-state index contributed by atoms with van der Waals surface area (Å²) in [7, 11) is 1.21. The van der Waals surface area contributed by atoms with Gasteiger partial charge in [-0.05, 0) is 19.9 Å². The highest BCUT2D eigenvalue weighted by atomic mass is 35.5. The standard InChI is InChI=1S/C13H17ClN2O3/c1-8(10-6-4-5-7-11(10)14)15-9(2)12(17)16-13(18)19-3/h4-9,15H,1-3H3,(H,16,17,18)/p+1/t8-,9-/m1/s1. The number of methoxy groups -OCH3 is 1. The summed E-state index contributed by atoms with van der Waals surface area (Å²) in [6.07, 6.45) is -0.754. The molecule has 1 aromatic carbocycles. The molecule has 104 valence electrons. The van der Waals surface area contributed by atoms with Crippen LogP contribution in [0.2, 0.25) is 5.02 Å². The van der Waals surface area contributed by atoms with Crippen LogP contribution in [-0.2, 0) is 9.53 Å². The first-order valence-corrected chi connectivity index (χ1v) is 6.31. The predicted octanol–water partition coefficient (Wildman–Crippen LogP) is 1.24. The molecule has 1 rings (SSSR count). The predicted molar refractivity (Wildman–Crippen MR) is 71.8 cm³/mol. The summed E-state index contributed by atoms with van der Waals surface area (Å²) in [5.41, 5.74) is 0.946. The summed E-state index contributed by atoms with van der Waals surface area (Å²) in [5.74, 6) is -0.397. The average molecular weight is 286 g/mol. The molecule has 0 fully saturated rings. The third-order valence-electron chi connectivity index (χ3n) is 2.80. The lowest BCUT2D eigenvalue weighted by Crippen LogP contribution is -2.92. The highest BCUT2D eigenvalue weighted by molar-refractivity contribution is 6.31. The maximum atomic E-state index is 11.7. The van der Waals surface area contributed by atoms with Gasteiger partial charge >= 0.3 is 6.09 Å². The minimum absolute atomic E-state index is 0.00657. The number of quaternary nitrogens is 1. The second-order valence-corrected chi connectivity index (χ2v) is 4.68. The van der Waals surface area contributed by atoms with Crippen LogP contribution in [-0.4, -0.2) is 25.2 Å². The summed E-state index contributed by atoms with van der Waals surface area (Å²) >= 11 is 6.09. The molecule has 19 heavy (non-hydrogen) atoms. The van der Waals surface area contributed by atoms with Crippen molar-refractivity contribution in [3.05, 3.63) is 34.9 Å². The number of carbonyl (C=O) groups is 2. The maximum Gasteiger partial charge on any atom is 0.413 e. The van der Waals surface area contributed by atoms with Gasteiger partial charge in [-0.2, -0.15) is 0 Å². The number of alkyl carbamates (subject to hydrolysis) is 1. The monoisotopic (exact) mass is 285 g/mol. The van der Waals surface area contributed by atoms with Crippen molar-refractivity contribution in [1.29, 1.82) is 0 Å². The van der Waals surface area contributed by atoms with Crippen molar-refractivity contribution < 1.29 is 19.6 Å². The molecule has 2 amide bonds. The average Bonchev–Trinajstić information content (AvgIpc) is 2.38. The molecule has 0 saturated carbocycles. The topological polar surface area (TPSA) is 72.0 Å². The van der Waals surface area contributed by atoms with E-state index in [-0.39, 0.29) is 6.04 Å². The number of hydrogen-bond acceptors (Lipinski definition) is 3. The minimum atomic E-state index is -0.754. The van der Waals surface area contributed by atoms with Crippen molar-refractivity contribution in [3.8, 4) is 0 Å². The molecular formula is C13H18ClN2O3+. The SMILES string of the molecule is COC(=O)NC(=O)[C@@H](C)[NH2+][C@H](C)c1ccccc1Cl. The van der Waals surface area contributed by atoms with E-state index >= 15 is 0 Å². The number of carbonyl (C=O) groups excluding carboxylic acids is 2. The molecule has 0 saturated heterocycles. The summed E-state index contributed by atoms with van der Waals surface area (Å²) < 4.78 is 4.37. The fourth-order valence-corrected chi connectivity index (χ4v) is 2.04. The number of halogens is 1. The van der Waals surface area contributed by atoms with Gasteiger partial charge in [0.05, 0.1) is 7.11 Å². The van der Waals surface area contributed by atoms with Gasteiger partial charge in [-0.15, -0.1) is 0 Å². The van der Waals surface area contributed by atoms with E-state index in [1.165, 1.54) is 7.11 Å². The highest BCUT2D eigenvalue weighted by Crippen LogP contribution is 2.19. The fraction of sp³-hybridized carbons (Fsp3) is 0.385. The number of imide groups is 1. The molecule has 0 radical (unpaired) electrons. The van der Waals surface area contributed by atoms with Crippen LogP contribution in [0.15, 0.2) is 24.3 Å². The van der Waals surface area contributed by atoms with Gasteiger partial charge in [-0.1, -0.05) is 29.8 Å². The van der Waals surface area contributed by atoms with Gasteiger partial charge in [0.25, 0.3) is 5.91 Å². The molecule has 0 aromatic heterocycles. The van der Waals surface area contributed by atoms with E-state index in [9.17, 15) is 9.59 Å². The van der Waals surface area contributed by atoms with Gasteiger partial charge in [0.2, 0.25) is 0 Å². The zero-order valence-corrected chi connectivity index (χ0v) is 11.9. The maximum absolute atomic E-state index is 11.7. The number of rotatable bonds is 4. The Morgan fingerprint density at radius 1 is 1.32 bits per heavy atom. The Kier molecular flexibility index (Phi) is 5.79. The second kappa shape index (κ2) is 7.11. The quantitative estimate of drug-likeness (QED) is 0.874. The molecule has 3 N–H and O–H groups in total. The van der Waals surface area contributed by atoms with Crippen LogP contribution in [0, 0.1) is 0 Å².